The van der Waals surface area contributed by atoms with Gasteiger partial charge in [-0.1, -0.05) is 19.1 Å². The van der Waals surface area contributed by atoms with Crippen LogP contribution in [0, 0.1) is 0 Å². The van der Waals surface area contributed by atoms with E-state index in [1.54, 1.807) is 6.07 Å². The average Bonchev–Trinajstić information content (AvgIpc) is 2.46. The van der Waals surface area contributed by atoms with Crippen LogP contribution in [-0.4, -0.2) is 38.5 Å². The summed E-state index contributed by atoms with van der Waals surface area (Å²) in [5.74, 6) is 0. The van der Waals surface area contributed by atoms with E-state index in [1.807, 2.05) is 26.0 Å². The van der Waals surface area contributed by atoms with Crippen molar-refractivity contribution in [2.75, 3.05) is 19.7 Å². The van der Waals surface area contributed by atoms with E-state index >= 15 is 0 Å². The number of nitrogens with zero attached hydrogens (tertiary/aromatic N) is 1. The van der Waals surface area contributed by atoms with Crippen LogP contribution in [0.4, 0.5) is 0 Å². The number of benzene rings is 1. The van der Waals surface area contributed by atoms with Gasteiger partial charge in [0.1, 0.15) is 0 Å². The molecule has 20 heavy (non-hydrogen) atoms. The molecule has 0 radical (unpaired) electrons. The Morgan fingerprint density at radius 2 is 2.20 bits per heavy atom. The van der Waals surface area contributed by atoms with Gasteiger partial charge in [-0.2, -0.15) is 4.31 Å². The molecule has 6 heteroatoms. The van der Waals surface area contributed by atoms with Gasteiger partial charge in [0.2, 0.25) is 10.0 Å². The monoisotopic (exact) mass is 298 g/mol. The summed E-state index contributed by atoms with van der Waals surface area (Å²) in [6.07, 6.45) is 0.612. The van der Waals surface area contributed by atoms with Crippen molar-refractivity contribution in [3.8, 4) is 0 Å². The third-order valence-corrected chi connectivity index (χ3v) is 5.52. The lowest BCUT2D eigenvalue weighted by Gasteiger charge is -2.31. The SMILES string of the molecule is CCc1ccc(CN)cc1S(=O)(=O)N1CCOC(C)C1. The van der Waals surface area contributed by atoms with Crippen LogP contribution in [0.5, 0.6) is 0 Å². The smallest absolute Gasteiger partial charge is 0.243 e. The first-order chi connectivity index (χ1) is 9.48. The minimum Gasteiger partial charge on any atom is -0.376 e. The molecule has 1 aromatic carbocycles. The number of ether oxygens (including phenoxy) is 1. The molecule has 2 N–H and O–H groups in total. The Hall–Kier alpha value is -0.950. The molecule has 0 bridgehead atoms. The lowest BCUT2D eigenvalue weighted by molar-refractivity contribution is 0.0101. The second-order valence-corrected chi connectivity index (χ2v) is 6.95. The number of morpholine rings is 1. The minimum absolute atomic E-state index is 0.0682. The summed E-state index contributed by atoms with van der Waals surface area (Å²) in [4.78, 5) is 0.386. The maximum absolute atomic E-state index is 12.8. The maximum Gasteiger partial charge on any atom is 0.243 e. The van der Waals surface area contributed by atoms with Gasteiger partial charge in [-0.05, 0) is 30.5 Å². The molecule has 1 fully saturated rings. The van der Waals surface area contributed by atoms with E-state index < -0.39 is 10.0 Å². The number of hydrogen-bond acceptors (Lipinski definition) is 4. The Morgan fingerprint density at radius 3 is 2.80 bits per heavy atom. The van der Waals surface area contributed by atoms with Crippen molar-refractivity contribution in [3.63, 3.8) is 0 Å². The Kier molecular flexibility index (Phi) is 4.80. The van der Waals surface area contributed by atoms with Crippen molar-refractivity contribution < 1.29 is 13.2 Å². The fraction of sp³-hybridized carbons (Fsp3) is 0.571. The molecule has 0 aromatic heterocycles. The van der Waals surface area contributed by atoms with Crippen LogP contribution in [0.2, 0.25) is 0 Å². The van der Waals surface area contributed by atoms with E-state index in [-0.39, 0.29) is 6.10 Å². The largest absolute Gasteiger partial charge is 0.376 e. The van der Waals surface area contributed by atoms with Gasteiger partial charge in [-0.25, -0.2) is 8.42 Å². The Labute approximate surface area is 120 Å². The zero-order valence-corrected chi connectivity index (χ0v) is 12.8. The zero-order valence-electron chi connectivity index (χ0n) is 12.0. The van der Waals surface area contributed by atoms with Gasteiger partial charge in [0.05, 0.1) is 17.6 Å². The molecule has 2 rings (SSSR count). The molecule has 112 valence electrons. The molecule has 0 aliphatic carbocycles. The molecule has 1 aliphatic rings. The van der Waals surface area contributed by atoms with Crippen LogP contribution >= 0.6 is 0 Å². The molecular weight excluding hydrogens is 276 g/mol. The molecule has 0 amide bonds. The molecule has 0 spiro atoms. The molecule has 1 atom stereocenters. The average molecular weight is 298 g/mol. The third-order valence-electron chi connectivity index (χ3n) is 3.57. The second kappa shape index (κ2) is 6.22. The van der Waals surface area contributed by atoms with Crippen molar-refractivity contribution in [3.05, 3.63) is 29.3 Å². The first kappa shape index (κ1) is 15.4. The van der Waals surface area contributed by atoms with Crippen molar-refractivity contribution in [2.45, 2.75) is 37.8 Å². The molecular formula is C14H22N2O3S. The van der Waals surface area contributed by atoms with Crippen LogP contribution in [0.25, 0.3) is 0 Å². The number of hydrogen-bond donors (Lipinski definition) is 1. The van der Waals surface area contributed by atoms with Crippen LogP contribution < -0.4 is 5.73 Å². The normalized spacial score (nSPS) is 21.1. The zero-order chi connectivity index (χ0) is 14.8. The van der Waals surface area contributed by atoms with E-state index in [0.717, 1.165) is 11.1 Å². The summed E-state index contributed by atoms with van der Waals surface area (Å²) in [6.45, 7) is 5.43. The summed E-state index contributed by atoms with van der Waals surface area (Å²) in [5, 5.41) is 0. The van der Waals surface area contributed by atoms with Crippen molar-refractivity contribution in [1.82, 2.24) is 4.31 Å². The Balaban J connectivity index is 2.42. The summed E-state index contributed by atoms with van der Waals surface area (Å²) >= 11 is 0. The van der Waals surface area contributed by atoms with Crippen molar-refractivity contribution in [1.29, 1.82) is 0 Å². The topological polar surface area (TPSA) is 72.6 Å². The predicted octanol–water partition coefficient (Wildman–Crippen LogP) is 1.12. The van der Waals surface area contributed by atoms with Gasteiger partial charge in [-0.15, -0.1) is 0 Å². The molecule has 0 saturated carbocycles. The van der Waals surface area contributed by atoms with E-state index in [2.05, 4.69) is 0 Å². The van der Waals surface area contributed by atoms with E-state index in [4.69, 9.17) is 10.5 Å². The van der Waals surface area contributed by atoms with Crippen LogP contribution in [0.3, 0.4) is 0 Å². The number of aryl methyl sites for hydroxylation is 1. The second-order valence-electron chi connectivity index (χ2n) is 5.04. The molecule has 1 aromatic rings. The van der Waals surface area contributed by atoms with Crippen LogP contribution in [-0.2, 0) is 27.7 Å². The molecule has 5 nitrogen and oxygen atoms in total. The quantitative estimate of drug-likeness (QED) is 0.904. The summed E-state index contributed by atoms with van der Waals surface area (Å²) in [6, 6.07) is 5.45. The van der Waals surface area contributed by atoms with Crippen molar-refractivity contribution >= 4 is 10.0 Å². The lowest BCUT2D eigenvalue weighted by atomic mass is 10.1. The van der Waals surface area contributed by atoms with Crippen molar-refractivity contribution in [2.24, 2.45) is 5.73 Å². The predicted molar refractivity (Wildman–Crippen MR) is 77.9 cm³/mol. The highest BCUT2D eigenvalue weighted by Crippen LogP contribution is 2.24. The first-order valence-corrected chi connectivity index (χ1v) is 8.36. The fourth-order valence-electron chi connectivity index (χ4n) is 2.40. The van der Waals surface area contributed by atoms with Gasteiger partial charge in [0.15, 0.2) is 0 Å². The summed E-state index contributed by atoms with van der Waals surface area (Å²) in [5.41, 5.74) is 7.30. The molecule has 1 unspecified atom stereocenters. The van der Waals surface area contributed by atoms with E-state index in [1.165, 1.54) is 4.31 Å². The summed E-state index contributed by atoms with van der Waals surface area (Å²) in [7, 11) is -3.47. The van der Waals surface area contributed by atoms with Gasteiger partial charge in [-0.3, -0.25) is 0 Å². The number of rotatable bonds is 4. The molecule has 1 heterocycles. The molecule has 1 aliphatic heterocycles. The van der Waals surface area contributed by atoms with E-state index in [9.17, 15) is 8.42 Å². The minimum atomic E-state index is -3.47. The van der Waals surface area contributed by atoms with Gasteiger partial charge in [0.25, 0.3) is 0 Å². The van der Waals surface area contributed by atoms with E-state index in [0.29, 0.717) is 37.6 Å². The molecule has 1 saturated heterocycles. The number of sulfonamides is 1. The fourth-order valence-corrected chi connectivity index (χ4v) is 4.25. The highest BCUT2D eigenvalue weighted by molar-refractivity contribution is 7.89. The lowest BCUT2D eigenvalue weighted by Crippen LogP contribution is -2.44. The number of nitrogens with two attached hydrogens (primary N) is 1. The maximum atomic E-state index is 12.8. The first-order valence-electron chi connectivity index (χ1n) is 6.92. The highest BCUT2D eigenvalue weighted by Gasteiger charge is 2.30. The Morgan fingerprint density at radius 1 is 1.45 bits per heavy atom. The van der Waals surface area contributed by atoms with Gasteiger partial charge < -0.3 is 10.5 Å². The van der Waals surface area contributed by atoms with Crippen LogP contribution in [0.1, 0.15) is 25.0 Å². The highest BCUT2D eigenvalue weighted by atomic mass is 32.2. The van der Waals surface area contributed by atoms with Crippen LogP contribution in [0.15, 0.2) is 23.1 Å². The Bertz CT molecular complexity index is 572. The standard InChI is InChI=1S/C14H22N2O3S/c1-3-13-5-4-12(9-15)8-14(13)20(17,18)16-6-7-19-11(2)10-16/h4-5,8,11H,3,6-7,9-10,15H2,1-2H3. The third kappa shape index (κ3) is 3.03. The van der Waals surface area contributed by atoms with Gasteiger partial charge >= 0.3 is 0 Å². The summed E-state index contributed by atoms with van der Waals surface area (Å²) < 4.78 is 32.5. The van der Waals surface area contributed by atoms with Gasteiger partial charge in [0, 0.05) is 19.6 Å².